The smallest absolute Gasteiger partial charge is 0.184 e. The van der Waals surface area contributed by atoms with Crippen LogP contribution < -0.4 is 10.6 Å². The van der Waals surface area contributed by atoms with Gasteiger partial charge in [-0.25, -0.2) is 0 Å². The van der Waals surface area contributed by atoms with Crippen LogP contribution >= 0.6 is 15.8 Å². The maximum absolute atomic E-state index is 6.80. The van der Waals surface area contributed by atoms with E-state index >= 15 is 0 Å². The minimum atomic E-state index is -0.473. The number of rotatable bonds is 10. The molecular formula is C44H60O4P2. The van der Waals surface area contributed by atoms with Crippen LogP contribution in [-0.4, -0.2) is 47.1 Å². The summed E-state index contributed by atoms with van der Waals surface area (Å²) < 4.78 is 27.2. The van der Waals surface area contributed by atoms with Crippen molar-refractivity contribution in [1.82, 2.24) is 0 Å². The molecule has 50 heavy (non-hydrogen) atoms. The van der Waals surface area contributed by atoms with Gasteiger partial charge in [0, 0.05) is 33.8 Å². The summed E-state index contributed by atoms with van der Waals surface area (Å²) in [6.07, 6.45) is 2.22. The molecule has 0 radical (unpaired) electrons. The van der Waals surface area contributed by atoms with Crippen molar-refractivity contribution < 1.29 is 18.9 Å². The van der Waals surface area contributed by atoms with Gasteiger partial charge in [-0.15, -0.1) is 0 Å². The average Bonchev–Trinajstić information content (AvgIpc) is 3.85. The van der Waals surface area contributed by atoms with Gasteiger partial charge in [-0.1, -0.05) is 158 Å². The monoisotopic (exact) mass is 714 g/mol. The molecule has 0 N–H and O–H groups in total. The lowest BCUT2D eigenvalue weighted by Crippen LogP contribution is -2.31. The molecule has 4 aliphatic heterocycles. The van der Waals surface area contributed by atoms with Gasteiger partial charge in [0.1, 0.15) is 0 Å². The minimum Gasteiger partial charge on any atom is -0.342 e. The first-order chi connectivity index (χ1) is 24.0. The van der Waals surface area contributed by atoms with Crippen molar-refractivity contribution in [3.05, 3.63) is 95.1 Å². The van der Waals surface area contributed by atoms with Crippen LogP contribution in [0.3, 0.4) is 0 Å². The van der Waals surface area contributed by atoms with Crippen molar-refractivity contribution in [2.24, 2.45) is 11.8 Å². The summed E-state index contributed by atoms with van der Waals surface area (Å²) in [6, 6.07) is 27.5. The van der Waals surface area contributed by atoms with Gasteiger partial charge in [-0.2, -0.15) is 0 Å². The summed E-state index contributed by atoms with van der Waals surface area (Å²) >= 11 is 0. The zero-order valence-corrected chi connectivity index (χ0v) is 33.7. The van der Waals surface area contributed by atoms with Crippen molar-refractivity contribution in [1.29, 1.82) is 0 Å². The third-order valence-electron chi connectivity index (χ3n) is 12.6. The molecule has 0 saturated carbocycles. The molecule has 4 aliphatic rings. The molecule has 10 atom stereocenters. The van der Waals surface area contributed by atoms with Crippen LogP contribution in [0.15, 0.2) is 72.8 Å². The Bertz CT molecular complexity index is 1440. The van der Waals surface area contributed by atoms with E-state index in [0.717, 1.165) is 24.0 Å². The first-order valence-electron chi connectivity index (χ1n) is 19.5. The van der Waals surface area contributed by atoms with Crippen molar-refractivity contribution >= 4 is 26.5 Å². The van der Waals surface area contributed by atoms with Gasteiger partial charge >= 0.3 is 0 Å². The first-order valence-corrected chi connectivity index (χ1v) is 22.5. The highest BCUT2D eigenvalue weighted by molar-refractivity contribution is 7.73. The maximum Gasteiger partial charge on any atom is 0.184 e. The lowest BCUT2D eigenvalue weighted by atomic mass is 9.86. The summed E-state index contributed by atoms with van der Waals surface area (Å²) in [5.74, 6) is 2.44. The second kappa shape index (κ2) is 15.0. The van der Waals surface area contributed by atoms with Crippen LogP contribution in [0.1, 0.15) is 129 Å². The van der Waals surface area contributed by atoms with Gasteiger partial charge in [0.15, 0.2) is 12.6 Å². The van der Waals surface area contributed by atoms with E-state index in [0.29, 0.717) is 46.3 Å². The van der Waals surface area contributed by atoms with Crippen molar-refractivity contribution in [3.8, 4) is 0 Å². The van der Waals surface area contributed by atoms with Crippen LogP contribution in [0.25, 0.3) is 0 Å². The molecule has 7 rings (SSSR count). The van der Waals surface area contributed by atoms with E-state index in [2.05, 4.69) is 142 Å². The highest BCUT2D eigenvalue weighted by atomic mass is 31.1. The molecule has 4 nitrogen and oxygen atoms in total. The fraction of sp³-hybridized carbons (Fsp3) is 0.591. The third kappa shape index (κ3) is 6.48. The van der Waals surface area contributed by atoms with Crippen LogP contribution in [-0.2, 0) is 18.9 Å². The quantitative estimate of drug-likeness (QED) is 0.196. The van der Waals surface area contributed by atoms with E-state index < -0.39 is 15.8 Å². The number of ether oxygens (including phenoxy) is 4. The summed E-state index contributed by atoms with van der Waals surface area (Å²) in [5, 5.41) is 3.11. The summed E-state index contributed by atoms with van der Waals surface area (Å²) in [7, 11) is -0.945. The van der Waals surface area contributed by atoms with Gasteiger partial charge in [-0.3, -0.25) is 0 Å². The third-order valence-corrected chi connectivity index (χ3v) is 19.4. The second-order valence-electron chi connectivity index (χ2n) is 16.2. The van der Waals surface area contributed by atoms with Crippen molar-refractivity contribution in [3.63, 3.8) is 0 Å². The Morgan fingerprint density at radius 2 is 0.780 bits per heavy atom. The van der Waals surface area contributed by atoms with Crippen molar-refractivity contribution in [2.75, 3.05) is 0 Å². The predicted octanol–water partition coefficient (Wildman–Crippen LogP) is 10.7. The second-order valence-corrected chi connectivity index (χ2v) is 22.0. The Morgan fingerprint density at radius 3 is 1.04 bits per heavy atom. The Morgan fingerprint density at radius 1 is 0.480 bits per heavy atom. The van der Waals surface area contributed by atoms with E-state index in [1.165, 1.54) is 11.1 Å². The number of benzene rings is 3. The van der Waals surface area contributed by atoms with E-state index in [1.807, 2.05) is 0 Å². The Hall–Kier alpha value is -1.64. The normalized spacial score (nSPS) is 36.2. The SMILES string of the molecule is CCC(c1ccc(C2O[C@H]3[C@H](O2)[C@H](C)P(c2ccccc2P2[C@@H](C)[C@H]4OC(c5ccc(C(CC)C(C)C)cc5)O[C@@H]4[C@@H]2C)[C@H]3C)cc1)C(C)C. The fourth-order valence-corrected chi connectivity index (χ4v) is 17.3. The lowest BCUT2D eigenvalue weighted by molar-refractivity contribution is -0.0705. The lowest BCUT2D eigenvalue weighted by Gasteiger charge is -2.32. The van der Waals surface area contributed by atoms with E-state index in [-0.39, 0.29) is 37.0 Å². The van der Waals surface area contributed by atoms with E-state index in [4.69, 9.17) is 18.9 Å². The summed E-state index contributed by atoms with van der Waals surface area (Å²) in [6.45, 7) is 23.5. The van der Waals surface area contributed by atoms with E-state index in [1.54, 1.807) is 10.6 Å². The number of fused-ring (bicyclic) bond motifs is 2. The molecule has 4 heterocycles. The minimum absolute atomic E-state index is 0.116. The molecule has 0 bridgehead atoms. The van der Waals surface area contributed by atoms with Crippen LogP contribution in [0, 0.1) is 11.8 Å². The standard InChI is InChI=1S/C44H60O4P2/c1-11-35(25(3)4)31-17-21-33(22-18-31)43-45-39-27(7)49(28(8)40(39)46-43)37-15-13-14-16-38(37)50-29(9)41-42(30(50)10)48-44(47-41)34-23-19-32(20-24-34)36(12-2)26(5)6/h13-30,35-36,39-44H,11-12H2,1-10H3/t27-,28-,29-,30-,35?,36?,39+,40+,41+,42+,43?,44?,49?,50?/m0/s1. The molecule has 3 aromatic rings. The zero-order valence-electron chi connectivity index (χ0n) is 32.0. The first kappa shape index (κ1) is 36.7. The van der Waals surface area contributed by atoms with Crippen LogP contribution in [0.5, 0.6) is 0 Å². The highest BCUT2D eigenvalue weighted by Gasteiger charge is 2.57. The topological polar surface area (TPSA) is 36.9 Å². The molecular weight excluding hydrogens is 654 g/mol. The van der Waals surface area contributed by atoms with Gasteiger partial charge in [0.25, 0.3) is 0 Å². The Labute approximate surface area is 304 Å². The molecule has 270 valence electrons. The fourth-order valence-electron chi connectivity index (χ4n) is 9.95. The molecule has 2 unspecified atom stereocenters. The summed E-state index contributed by atoms with van der Waals surface area (Å²) in [4.78, 5) is 0. The van der Waals surface area contributed by atoms with Gasteiger partial charge in [0.2, 0.25) is 0 Å². The number of hydrogen-bond donors (Lipinski definition) is 0. The molecule has 6 heteroatoms. The van der Waals surface area contributed by atoms with Crippen LogP contribution in [0.4, 0.5) is 0 Å². The Kier molecular flexibility index (Phi) is 11.0. The molecule has 0 aliphatic carbocycles. The molecule has 0 amide bonds. The zero-order chi connectivity index (χ0) is 35.4. The average molecular weight is 715 g/mol. The molecule has 0 aromatic heterocycles. The van der Waals surface area contributed by atoms with Gasteiger partial charge in [0.05, 0.1) is 24.4 Å². The van der Waals surface area contributed by atoms with Gasteiger partial charge < -0.3 is 18.9 Å². The van der Waals surface area contributed by atoms with E-state index in [9.17, 15) is 0 Å². The van der Waals surface area contributed by atoms with Gasteiger partial charge in [-0.05, 0) is 58.2 Å². The molecule has 4 fully saturated rings. The molecule has 3 aromatic carbocycles. The predicted molar refractivity (Wildman–Crippen MR) is 211 cm³/mol. The molecule has 4 saturated heterocycles. The Balaban J connectivity index is 1.05. The molecule has 0 spiro atoms. The van der Waals surface area contributed by atoms with Crippen LogP contribution in [0.2, 0.25) is 0 Å². The maximum atomic E-state index is 6.80. The highest BCUT2D eigenvalue weighted by Crippen LogP contribution is 2.64. The van der Waals surface area contributed by atoms with Crippen molar-refractivity contribution in [2.45, 2.75) is 154 Å². The largest absolute Gasteiger partial charge is 0.342 e. The summed E-state index contributed by atoms with van der Waals surface area (Å²) in [5.41, 5.74) is 6.81. The number of hydrogen-bond acceptors (Lipinski definition) is 4.